The van der Waals surface area contributed by atoms with Gasteiger partial charge in [0.1, 0.15) is 9.12 Å². The third-order valence-corrected chi connectivity index (χ3v) is 5.44. The Morgan fingerprint density at radius 3 is 1.89 bits per heavy atom. The minimum atomic E-state index is -0.703. The van der Waals surface area contributed by atoms with Crippen LogP contribution in [-0.4, -0.2) is 16.9 Å². The van der Waals surface area contributed by atoms with Gasteiger partial charge in [0, 0.05) is 12.0 Å². The third kappa shape index (κ3) is 8.65. The van der Waals surface area contributed by atoms with Gasteiger partial charge in [-0.2, -0.15) is 0 Å². The number of carboxylic acid groups (broad SMARTS) is 1. The highest BCUT2D eigenvalue weighted by atomic mass is 31.0. The van der Waals surface area contributed by atoms with Gasteiger partial charge in [0.05, 0.1) is 5.41 Å². The molecular weight excluding hydrogens is 371 g/mol. The smallest absolute Gasteiger partial charge is 0.309 e. The number of rotatable bonds is 12. The van der Waals surface area contributed by atoms with E-state index in [4.69, 9.17) is 4.57 Å². The second kappa shape index (κ2) is 13.6. The molecular formula is C23H37O4P. The van der Waals surface area contributed by atoms with Crippen LogP contribution >= 0.6 is 9.12 Å². The summed E-state index contributed by atoms with van der Waals surface area (Å²) < 4.78 is 8.06. The van der Waals surface area contributed by atoms with Gasteiger partial charge in [-0.3, -0.25) is 14.2 Å². The van der Waals surface area contributed by atoms with Gasteiger partial charge in [-0.15, -0.1) is 0 Å². The van der Waals surface area contributed by atoms with Crippen molar-refractivity contribution >= 4 is 20.9 Å². The summed E-state index contributed by atoms with van der Waals surface area (Å²) in [6.45, 7) is 10.0. The van der Waals surface area contributed by atoms with E-state index in [9.17, 15) is 14.7 Å². The van der Waals surface area contributed by atoms with E-state index >= 15 is 0 Å². The van der Waals surface area contributed by atoms with Crippen LogP contribution in [0, 0.1) is 26.2 Å². The summed E-state index contributed by atoms with van der Waals surface area (Å²) in [6, 6.07) is 4.11. The molecule has 0 heterocycles. The Balaban J connectivity index is 0.00000352. The summed E-state index contributed by atoms with van der Waals surface area (Å²) in [7, 11) is 1.72. The van der Waals surface area contributed by atoms with Gasteiger partial charge in [0.15, 0.2) is 5.78 Å². The Labute approximate surface area is 172 Å². The minimum absolute atomic E-state index is 0.181. The SMILES string of the molecule is CCCCCCC(C)(CCCCC(=O)c1c(C)cc(C)cc1C)C(=O)O.O=P. The number of carbonyl (C=O) groups excluding carboxylic acids is 1. The number of carbonyl (C=O) groups is 2. The number of Topliss-reactive ketones (excluding diaryl/α,β-unsaturated/α-hetero) is 1. The van der Waals surface area contributed by atoms with Gasteiger partial charge in [0.2, 0.25) is 0 Å². The highest BCUT2D eigenvalue weighted by Crippen LogP contribution is 2.32. The molecule has 0 aliphatic heterocycles. The molecule has 1 unspecified atom stereocenters. The van der Waals surface area contributed by atoms with Gasteiger partial charge in [0.25, 0.3) is 0 Å². The van der Waals surface area contributed by atoms with E-state index in [2.05, 4.69) is 19.1 Å². The Bertz CT molecular complexity index is 618. The lowest BCUT2D eigenvalue weighted by molar-refractivity contribution is -0.149. The van der Waals surface area contributed by atoms with E-state index in [1.165, 1.54) is 12.0 Å². The van der Waals surface area contributed by atoms with E-state index < -0.39 is 11.4 Å². The average Bonchev–Trinajstić information content (AvgIpc) is 2.63. The van der Waals surface area contributed by atoms with Crippen LogP contribution in [0.4, 0.5) is 0 Å². The largest absolute Gasteiger partial charge is 0.481 e. The zero-order valence-corrected chi connectivity index (χ0v) is 19.2. The number of hydrogen-bond acceptors (Lipinski definition) is 3. The van der Waals surface area contributed by atoms with Crippen molar-refractivity contribution in [1.29, 1.82) is 0 Å². The van der Waals surface area contributed by atoms with Crippen molar-refractivity contribution in [1.82, 2.24) is 0 Å². The molecule has 0 aliphatic carbocycles. The minimum Gasteiger partial charge on any atom is -0.481 e. The summed E-state index contributed by atoms with van der Waals surface area (Å²) in [6.07, 6.45) is 7.80. The molecule has 0 radical (unpaired) electrons. The molecule has 0 spiro atoms. The number of ketones is 1. The summed E-state index contributed by atoms with van der Waals surface area (Å²) >= 11 is 0. The molecule has 0 saturated heterocycles. The van der Waals surface area contributed by atoms with Crippen molar-refractivity contribution in [3.63, 3.8) is 0 Å². The summed E-state index contributed by atoms with van der Waals surface area (Å²) in [4.78, 5) is 24.3. The molecule has 0 aromatic heterocycles. The van der Waals surface area contributed by atoms with Crippen molar-refractivity contribution in [2.75, 3.05) is 0 Å². The van der Waals surface area contributed by atoms with Gasteiger partial charge < -0.3 is 5.11 Å². The van der Waals surface area contributed by atoms with Crippen LogP contribution in [-0.2, 0) is 9.36 Å². The molecule has 0 amide bonds. The van der Waals surface area contributed by atoms with Crippen LogP contribution in [0.1, 0.15) is 98.7 Å². The van der Waals surface area contributed by atoms with Gasteiger partial charge in [-0.05, 0) is 58.1 Å². The maximum atomic E-state index is 12.6. The zero-order chi connectivity index (χ0) is 21.7. The lowest BCUT2D eigenvalue weighted by atomic mass is 9.79. The molecule has 5 heteroatoms. The fraction of sp³-hybridized carbons (Fsp3) is 0.652. The van der Waals surface area contributed by atoms with Crippen LogP contribution in [0.3, 0.4) is 0 Å². The number of carboxylic acids is 1. The van der Waals surface area contributed by atoms with E-state index in [1.807, 2.05) is 27.7 Å². The number of hydrogen-bond donors (Lipinski definition) is 1. The second-order valence-electron chi connectivity index (χ2n) is 8.08. The summed E-state index contributed by atoms with van der Waals surface area (Å²) in [5, 5.41) is 9.61. The van der Waals surface area contributed by atoms with Crippen LogP contribution in [0.5, 0.6) is 0 Å². The summed E-state index contributed by atoms with van der Waals surface area (Å²) in [5.41, 5.74) is 3.44. The fourth-order valence-electron chi connectivity index (χ4n) is 3.83. The normalized spacial score (nSPS) is 12.6. The molecule has 1 rings (SSSR count). The molecule has 0 bridgehead atoms. The van der Waals surface area contributed by atoms with Crippen molar-refractivity contribution in [2.24, 2.45) is 5.41 Å². The van der Waals surface area contributed by atoms with Gasteiger partial charge >= 0.3 is 5.97 Å². The van der Waals surface area contributed by atoms with E-state index in [0.29, 0.717) is 12.8 Å². The lowest BCUT2D eigenvalue weighted by Gasteiger charge is -2.24. The topological polar surface area (TPSA) is 71.4 Å². The molecule has 1 N–H and O–H groups in total. The van der Waals surface area contributed by atoms with Crippen LogP contribution in [0.25, 0.3) is 0 Å². The number of unbranched alkanes of at least 4 members (excludes halogenated alkanes) is 4. The maximum Gasteiger partial charge on any atom is 0.309 e. The number of aliphatic carboxylic acids is 1. The lowest BCUT2D eigenvalue weighted by Crippen LogP contribution is -2.27. The van der Waals surface area contributed by atoms with Crippen LogP contribution in [0.2, 0.25) is 0 Å². The van der Waals surface area contributed by atoms with Crippen molar-refractivity contribution in [3.8, 4) is 0 Å². The molecule has 4 nitrogen and oxygen atoms in total. The van der Waals surface area contributed by atoms with Crippen molar-refractivity contribution < 1.29 is 19.3 Å². The first-order valence-corrected chi connectivity index (χ1v) is 10.7. The standard InChI is InChI=1S/C23H36O3.HOP/c1-6-7-8-10-13-23(5,22(25)26)14-11-9-12-20(24)21-18(3)15-17(2)16-19(21)4;1-2/h15-16H,6-14H2,1-5H3,(H,25,26);2H. The van der Waals surface area contributed by atoms with E-state index in [-0.39, 0.29) is 5.78 Å². The first kappa shape index (κ1) is 26.5. The first-order valence-electron chi connectivity index (χ1n) is 10.3. The van der Waals surface area contributed by atoms with Crippen LogP contribution < -0.4 is 0 Å². The van der Waals surface area contributed by atoms with E-state index in [1.54, 1.807) is 9.12 Å². The summed E-state index contributed by atoms with van der Waals surface area (Å²) in [5.74, 6) is -0.523. The molecule has 1 atom stereocenters. The molecule has 0 saturated carbocycles. The monoisotopic (exact) mass is 408 g/mol. The predicted octanol–water partition coefficient (Wildman–Crippen LogP) is 6.89. The zero-order valence-electron chi connectivity index (χ0n) is 18.2. The molecule has 28 heavy (non-hydrogen) atoms. The quantitative estimate of drug-likeness (QED) is 0.232. The molecule has 158 valence electrons. The number of aryl methyl sites for hydroxylation is 3. The first-order chi connectivity index (χ1) is 13.2. The average molecular weight is 409 g/mol. The fourth-order valence-corrected chi connectivity index (χ4v) is 3.83. The van der Waals surface area contributed by atoms with Gasteiger partial charge in [-0.25, -0.2) is 0 Å². The van der Waals surface area contributed by atoms with Gasteiger partial charge in [-0.1, -0.05) is 56.7 Å². The number of benzene rings is 1. The van der Waals surface area contributed by atoms with Crippen molar-refractivity contribution in [2.45, 2.75) is 92.4 Å². The molecule has 0 fully saturated rings. The van der Waals surface area contributed by atoms with E-state index in [0.717, 1.165) is 55.2 Å². The Hall–Kier alpha value is -1.54. The van der Waals surface area contributed by atoms with Crippen LogP contribution in [0.15, 0.2) is 12.1 Å². The Morgan fingerprint density at radius 1 is 0.929 bits per heavy atom. The molecule has 1 aromatic rings. The third-order valence-electron chi connectivity index (χ3n) is 5.44. The molecule has 0 aliphatic rings. The Morgan fingerprint density at radius 2 is 1.43 bits per heavy atom. The maximum absolute atomic E-state index is 12.6. The molecule has 1 aromatic carbocycles. The highest BCUT2D eigenvalue weighted by Gasteiger charge is 2.31. The second-order valence-corrected chi connectivity index (χ2v) is 8.08. The highest BCUT2D eigenvalue weighted by molar-refractivity contribution is 7.00. The Kier molecular flexibility index (Phi) is 12.9. The predicted molar refractivity (Wildman–Crippen MR) is 117 cm³/mol. The van der Waals surface area contributed by atoms with Crippen molar-refractivity contribution in [3.05, 3.63) is 34.4 Å².